The molecule has 1 aliphatic heterocycles. The molecule has 1 aromatic carbocycles. The summed E-state index contributed by atoms with van der Waals surface area (Å²) in [5.41, 5.74) is 0.261. The molecule has 0 radical (unpaired) electrons. The van der Waals surface area contributed by atoms with Gasteiger partial charge in [0.05, 0.1) is 0 Å². The predicted octanol–water partition coefficient (Wildman–Crippen LogP) is 4.11. The van der Waals surface area contributed by atoms with Crippen LogP contribution in [0.4, 0.5) is 14.5 Å². The molecule has 26 heavy (non-hydrogen) atoms. The van der Waals surface area contributed by atoms with Crippen LogP contribution in [0.3, 0.4) is 0 Å². The van der Waals surface area contributed by atoms with Crippen LogP contribution in [-0.4, -0.2) is 29.8 Å². The van der Waals surface area contributed by atoms with Crippen molar-refractivity contribution < 1.29 is 18.4 Å². The Morgan fingerprint density at radius 3 is 2.12 bits per heavy atom. The Morgan fingerprint density at radius 1 is 0.885 bits per heavy atom. The van der Waals surface area contributed by atoms with Crippen LogP contribution in [-0.2, 0) is 9.59 Å². The first-order chi connectivity index (χ1) is 12.5. The van der Waals surface area contributed by atoms with E-state index >= 15 is 0 Å². The van der Waals surface area contributed by atoms with Crippen LogP contribution < -0.4 is 5.32 Å². The molecular weight excluding hydrogens is 338 g/mol. The van der Waals surface area contributed by atoms with Gasteiger partial charge in [0.1, 0.15) is 0 Å². The third kappa shape index (κ3) is 4.59. The van der Waals surface area contributed by atoms with Gasteiger partial charge >= 0.3 is 0 Å². The second-order valence-corrected chi connectivity index (χ2v) is 7.41. The molecule has 1 saturated carbocycles. The number of hydrogen-bond donors (Lipinski definition) is 1. The van der Waals surface area contributed by atoms with Gasteiger partial charge < -0.3 is 10.2 Å². The quantitative estimate of drug-likeness (QED) is 0.877. The molecule has 2 aliphatic rings. The van der Waals surface area contributed by atoms with Gasteiger partial charge in [-0.25, -0.2) is 8.78 Å². The molecule has 0 bridgehead atoms. The number of anilines is 1. The summed E-state index contributed by atoms with van der Waals surface area (Å²) < 4.78 is 26.2. The molecule has 1 N–H and O–H groups in total. The van der Waals surface area contributed by atoms with E-state index in [1.807, 2.05) is 4.90 Å². The predicted molar refractivity (Wildman–Crippen MR) is 95.5 cm³/mol. The fourth-order valence-corrected chi connectivity index (χ4v) is 3.97. The van der Waals surface area contributed by atoms with Gasteiger partial charge in [0.15, 0.2) is 11.6 Å². The molecule has 0 atom stereocenters. The van der Waals surface area contributed by atoms with Crippen molar-refractivity contribution in [1.82, 2.24) is 4.90 Å². The number of carbonyl (C=O) groups is 2. The summed E-state index contributed by atoms with van der Waals surface area (Å²) in [6, 6.07) is 3.34. The van der Waals surface area contributed by atoms with Gasteiger partial charge in [-0.15, -0.1) is 0 Å². The Morgan fingerprint density at radius 2 is 1.50 bits per heavy atom. The van der Waals surface area contributed by atoms with Gasteiger partial charge in [-0.2, -0.15) is 0 Å². The standard InChI is InChI=1S/C20H26F2N2O2/c21-17-10-9-16(13-18(17)22)23-19(25)14-5-7-15(8-6-14)20(26)24-11-3-1-2-4-12-24/h9-10,13-15H,1-8,11-12H2,(H,23,25). The number of nitrogens with one attached hydrogen (secondary N) is 1. The smallest absolute Gasteiger partial charge is 0.227 e. The topological polar surface area (TPSA) is 49.4 Å². The molecule has 2 fully saturated rings. The van der Waals surface area contributed by atoms with Gasteiger partial charge in [-0.3, -0.25) is 9.59 Å². The first-order valence-corrected chi connectivity index (χ1v) is 9.59. The van der Waals surface area contributed by atoms with Crippen LogP contribution in [0.5, 0.6) is 0 Å². The van der Waals surface area contributed by atoms with Crippen LogP contribution in [0.1, 0.15) is 51.4 Å². The number of nitrogens with zero attached hydrogens (tertiary/aromatic N) is 1. The molecule has 6 heteroatoms. The van der Waals surface area contributed by atoms with Crippen molar-refractivity contribution in [2.75, 3.05) is 18.4 Å². The monoisotopic (exact) mass is 364 g/mol. The number of halogens is 2. The van der Waals surface area contributed by atoms with Crippen LogP contribution >= 0.6 is 0 Å². The minimum atomic E-state index is -0.977. The first-order valence-electron chi connectivity index (χ1n) is 9.59. The van der Waals surface area contributed by atoms with E-state index in [-0.39, 0.29) is 29.3 Å². The van der Waals surface area contributed by atoms with E-state index in [9.17, 15) is 18.4 Å². The van der Waals surface area contributed by atoms with Crippen molar-refractivity contribution in [1.29, 1.82) is 0 Å². The van der Waals surface area contributed by atoms with Crippen molar-refractivity contribution in [2.24, 2.45) is 11.8 Å². The summed E-state index contributed by atoms with van der Waals surface area (Å²) in [6.07, 6.45) is 7.28. The second kappa shape index (κ2) is 8.60. The number of rotatable bonds is 3. The molecule has 4 nitrogen and oxygen atoms in total. The van der Waals surface area contributed by atoms with Crippen LogP contribution in [0.15, 0.2) is 18.2 Å². The number of likely N-dealkylation sites (tertiary alicyclic amines) is 1. The zero-order chi connectivity index (χ0) is 18.5. The number of benzene rings is 1. The lowest BCUT2D eigenvalue weighted by molar-refractivity contribution is -0.137. The minimum Gasteiger partial charge on any atom is -0.342 e. The molecule has 1 heterocycles. The molecule has 3 rings (SSSR count). The maximum Gasteiger partial charge on any atom is 0.227 e. The zero-order valence-corrected chi connectivity index (χ0v) is 15.0. The highest BCUT2D eigenvalue weighted by Gasteiger charge is 2.32. The molecule has 1 saturated heterocycles. The molecule has 1 aromatic rings. The fourth-order valence-electron chi connectivity index (χ4n) is 3.97. The lowest BCUT2D eigenvalue weighted by atomic mass is 9.81. The molecule has 142 valence electrons. The number of amides is 2. The van der Waals surface area contributed by atoms with Crippen LogP contribution in [0.2, 0.25) is 0 Å². The van der Waals surface area contributed by atoms with Crippen molar-refractivity contribution in [2.45, 2.75) is 51.4 Å². The first kappa shape index (κ1) is 18.8. The van der Waals surface area contributed by atoms with E-state index in [1.54, 1.807) is 0 Å². The maximum atomic E-state index is 13.2. The minimum absolute atomic E-state index is 0.0143. The lowest BCUT2D eigenvalue weighted by Crippen LogP contribution is -2.39. The summed E-state index contributed by atoms with van der Waals surface area (Å²) in [5.74, 6) is -2.02. The number of carbonyl (C=O) groups excluding carboxylic acids is 2. The second-order valence-electron chi connectivity index (χ2n) is 7.41. The maximum absolute atomic E-state index is 13.2. The molecule has 0 spiro atoms. The average molecular weight is 364 g/mol. The van der Waals surface area contributed by atoms with Gasteiger partial charge in [0, 0.05) is 36.7 Å². The third-order valence-electron chi connectivity index (χ3n) is 5.55. The Bertz CT molecular complexity index is 649. The van der Waals surface area contributed by atoms with E-state index in [0.29, 0.717) is 25.7 Å². The van der Waals surface area contributed by atoms with E-state index in [0.717, 1.165) is 38.1 Å². The average Bonchev–Trinajstić information content (AvgIpc) is 2.94. The normalized spacial score (nSPS) is 24.0. The molecule has 0 aromatic heterocycles. The van der Waals surface area contributed by atoms with Gasteiger partial charge in [0.25, 0.3) is 0 Å². The van der Waals surface area contributed by atoms with Crippen molar-refractivity contribution in [3.63, 3.8) is 0 Å². The zero-order valence-electron chi connectivity index (χ0n) is 15.0. The summed E-state index contributed by atoms with van der Waals surface area (Å²) >= 11 is 0. The summed E-state index contributed by atoms with van der Waals surface area (Å²) in [7, 11) is 0. The van der Waals surface area contributed by atoms with Crippen LogP contribution in [0, 0.1) is 23.5 Å². The van der Waals surface area contributed by atoms with E-state index in [1.165, 1.54) is 18.9 Å². The summed E-state index contributed by atoms with van der Waals surface area (Å²) in [5, 5.41) is 2.65. The molecular formula is C20H26F2N2O2. The Balaban J connectivity index is 1.50. The molecule has 0 unspecified atom stereocenters. The Labute approximate surface area is 152 Å². The van der Waals surface area contributed by atoms with E-state index in [4.69, 9.17) is 0 Å². The van der Waals surface area contributed by atoms with Crippen molar-refractivity contribution >= 4 is 17.5 Å². The fraction of sp³-hybridized carbons (Fsp3) is 0.600. The lowest BCUT2D eigenvalue weighted by Gasteiger charge is -2.31. The summed E-state index contributed by atoms with van der Waals surface area (Å²) in [6.45, 7) is 1.71. The van der Waals surface area contributed by atoms with E-state index < -0.39 is 11.6 Å². The van der Waals surface area contributed by atoms with Crippen molar-refractivity contribution in [3.05, 3.63) is 29.8 Å². The van der Waals surface area contributed by atoms with Gasteiger partial charge in [-0.1, -0.05) is 12.8 Å². The Hall–Kier alpha value is -1.98. The third-order valence-corrected chi connectivity index (χ3v) is 5.55. The van der Waals surface area contributed by atoms with E-state index in [2.05, 4.69) is 5.32 Å². The highest BCUT2D eigenvalue weighted by atomic mass is 19.2. The number of hydrogen-bond acceptors (Lipinski definition) is 2. The summed E-state index contributed by atoms with van der Waals surface area (Å²) in [4.78, 5) is 27.1. The molecule has 2 amide bonds. The largest absolute Gasteiger partial charge is 0.342 e. The highest BCUT2D eigenvalue weighted by molar-refractivity contribution is 5.92. The Kier molecular flexibility index (Phi) is 6.22. The molecule has 1 aliphatic carbocycles. The van der Waals surface area contributed by atoms with Gasteiger partial charge in [-0.05, 0) is 50.7 Å². The van der Waals surface area contributed by atoms with Crippen LogP contribution in [0.25, 0.3) is 0 Å². The SMILES string of the molecule is O=C(Nc1ccc(F)c(F)c1)C1CCC(C(=O)N2CCCCCC2)CC1. The highest BCUT2D eigenvalue weighted by Crippen LogP contribution is 2.31. The van der Waals surface area contributed by atoms with Crippen molar-refractivity contribution in [3.8, 4) is 0 Å². The van der Waals surface area contributed by atoms with Gasteiger partial charge in [0.2, 0.25) is 11.8 Å².